The Morgan fingerprint density at radius 3 is 2.78 bits per heavy atom. The van der Waals surface area contributed by atoms with Crippen molar-refractivity contribution in [3.05, 3.63) is 45.4 Å². The predicted molar refractivity (Wildman–Crippen MR) is 68.5 cm³/mol. The van der Waals surface area contributed by atoms with Crippen LogP contribution in [0.4, 0.5) is 5.69 Å². The maximum atomic E-state index is 11.8. The number of hydrogen-bond donors (Lipinski definition) is 2. The number of nitrogens with one attached hydrogen (secondary N) is 1. The normalized spacial score (nSPS) is 10.1. The Hall–Kier alpha value is -1.92. The maximum absolute atomic E-state index is 11.8. The van der Waals surface area contributed by atoms with Gasteiger partial charge in [0.2, 0.25) is 0 Å². The molecule has 0 aliphatic rings. The number of aromatic carboxylic acids is 1. The molecule has 2 aromatic rings. The molecule has 0 aromatic carbocycles. The molecule has 0 saturated carbocycles. The van der Waals surface area contributed by atoms with E-state index < -0.39 is 5.97 Å². The summed E-state index contributed by atoms with van der Waals surface area (Å²) in [5.74, 6) is -1.53. The van der Waals surface area contributed by atoms with Gasteiger partial charge in [-0.15, -0.1) is 11.3 Å². The Morgan fingerprint density at radius 2 is 2.17 bits per heavy atom. The third-order valence-electron chi connectivity index (χ3n) is 2.06. The molecule has 5 nitrogen and oxygen atoms in total. The number of hydrogen-bond acceptors (Lipinski definition) is 4. The van der Waals surface area contributed by atoms with E-state index in [2.05, 4.69) is 10.3 Å². The molecule has 0 radical (unpaired) electrons. The van der Waals surface area contributed by atoms with E-state index in [-0.39, 0.29) is 11.6 Å². The summed E-state index contributed by atoms with van der Waals surface area (Å²) in [6.45, 7) is 0. The number of thiophene rings is 1. The molecule has 2 aromatic heterocycles. The van der Waals surface area contributed by atoms with E-state index in [1.165, 1.54) is 29.7 Å². The Balaban J connectivity index is 2.20. The average molecular weight is 283 g/mol. The van der Waals surface area contributed by atoms with Crippen LogP contribution in [0.1, 0.15) is 20.2 Å². The Bertz CT molecular complexity index is 612. The van der Waals surface area contributed by atoms with Crippen LogP contribution in [0, 0.1) is 0 Å². The Kier molecular flexibility index (Phi) is 3.59. The fourth-order valence-corrected chi connectivity index (χ4v) is 2.30. The zero-order chi connectivity index (χ0) is 13.1. The number of rotatable bonds is 3. The fourth-order valence-electron chi connectivity index (χ4n) is 1.27. The lowest BCUT2D eigenvalue weighted by atomic mass is 10.3. The van der Waals surface area contributed by atoms with Crippen molar-refractivity contribution >= 4 is 40.5 Å². The van der Waals surface area contributed by atoms with Gasteiger partial charge in [0.25, 0.3) is 5.91 Å². The van der Waals surface area contributed by atoms with Gasteiger partial charge < -0.3 is 10.4 Å². The molecular formula is C11H7ClN2O3S. The molecule has 7 heteroatoms. The van der Waals surface area contributed by atoms with Gasteiger partial charge in [-0.25, -0.2) is 9.78 Å². The molecule has 2 N–H and O–H groups in total. The quantitative estimate of drug-likeness (QED) is 0.907. The molecule has 18 heavy (non-hydrogen) atoms. The van der Waals surface area contributed by atoms with Gasteiger partial charge in [0.1, 0.15) is 10.6 Å². The molecule has 0 spiro atoms. The summed E-state index contributed by atoms with van der Waals surface area (Å²) in [7, 11) is 0. The lowest BCUT2D eigenvalue weighted by Gasteiger charge is -2.04. The zero-order valence-electron chi connectivity index (χ0n) is 8.88. The molecule has 0 aliphatic carbocycles. The molecule has 2 heterocycles. The van der Waals surface area contributed by atoms with Crippen molar-refractivity contribution in [3.63, 3.8) is 0 Å². The molecule has 0 aliphatic heterocycles. The molecule has 0 bridgehead atoms. The second-order valence-electron chi connectivity index (χ2n) is 3.29. The van der Waals surface area contributed by atoms with E-state index in [4.69, 9.17) is 16.7 Å². The van der Waals surface area contributed by atoms with Gasteiger partial charge in [0, 0.05) is 11.9 Å². The number of carbonyl (C=O) groups excluding carboxylic acids is 1. The van der Waals surface area contributed by atoms with E-state index in [1.807, 2.05) is 0 Å². The van der Waals surface area contributed by atoms with Gasteiger partial charge >= 0.3 is 5.97 Å². The molecule has 2 rings (SSSR count). The number of pyridine rings is 1. The van der Waals surface area contributed by atoms with Gasteiger partial charge in [0.05, 0.1) is 5.02 Å². The molecule has 0 saturated heterocycles. The van der Waals surface area contributed by atoms with E-state index in [0.717, 1.165) is 0 Å². The van der Waals surface area contributed by atoms with Crippen LogP contribution in [0.25, 0.3) is 0 Å². The monoisotopic (exact) mass is 282 g/mol. The van der Waals surface area contributed by atoms with Gasteiger partial charge in [-0.3, -0.25) is 4.79 Å². The summed E-state index contributed by atoms with van der Waals surface area (Å²) in [5.41, 5.74) is 0.224. The van der Waals surface area contributed by atoms with E-state index in [1.54, 1.807) is 11.4 Å². The van der Waals surface area contributed by atoms with Crippen molar-refractivity contribution in [2.24, 2.45) is 0 Å². The highest BCUT2D eigenvalue weighted by molar-refractivity contribution is 7.12. The minimum atomic E-state index is -1.15. The zero-order valence-corrected chi connectivity index (χ0v) is 10.5. The van der Waals surface area contributed by atoms with Gasteiger partial charge in [0.15, 0.2) is 0 Å². The molecular weight excluding hydrogens is 276 g/mol. The van der Waals surface area contributed by atoms with Crippen LogP contribution in [0.15, 0.2) is 29.8 Å². The number of halogens is 1. The second-order valence-corrected chi connectivity index (χ2v) is 4.61. The highest BCUT2D eigenvalue weighted by atomic mass is 35.5. The summed E-state index contributed by atoms with van der Waals surface area (Å²) in [5, 5.41) is 13.4. The Labute approximate surface area is 111 Å². The number of carboxylic acid groups (broad SMARTS) is 1. The summed E-state index contributed by atoms with van der Waals surface area (Å²) >= 11 is 7.04. The van der Waals surface area contributed by atoms with Crippen LogP contribution < -0.4 is 5.32 Å². The average Bonchev–Trinajstić information content (AvgIpc) is 2.76. The molecule has 92 valence electrons. The molecule has 1 amide bonds. The van der Waals surface area contributed by atoms with E-state index in [0.29, 0.717) is 15.6 Å². The van der Waals surface area contributed by atoms with Crippen molar-refractivity contribution in [2.75, 3.05) is 5.32 Å². The van der Waals surface area contributed by atoms with Crippen molar-refractivity contribution < 1.29 is 14.7 Å². The van der Waals surface area contributed by atoms with Crippen LogP contribution in [-0.4, -0.2) is 22.0 Å². The van der Waals surface area contributed by atoms with E-state index in [9.17, 15) is 9.59 Å². The number of nitrogens with zero attached hydrogens (tertiary/aromatic N) is 1. The van der Waals surface area contributed by atoms with Crippen LogP contribution in [0.3, 0.4) is 0 Å². The summed E-state index contributed by atoms with van der Waals surface area (Å²) in [6, 6.07) is 4.41. The molecule has 0 fully saturated rings. The minimum absolute atomic E-state index is 0.134. The maximum Gasteiger partial charge on any atom is 0.354 e. The van der Waals surface area contributed by atoms with Crippen LogP contribution >= 0.6 is 22.9 Å². The summed E-state index contributed by atoms with van der Waals surface area (Å²) in [4.78, 5) is 26.6. The number of carboxylic acids is 1. The molecule has 0 unspecified atom stereocenters. The summed E-state index contributed by atoms with van der Waals surface area (Å²) in [6.07, 6.45) is 1.31. The minimum Gasteiger partial charge on any atom is -0.477 e. The van der Waals surface area contributed by atoms with E-state index >= 15 is 0 Å². The first-order chi connectivity index (χ1) is 8.58. The van der Waals surface area contributed by atoms with Crippen LogP contribution in [-0.2, 0) is 0 Å². The SMILES string of the molecule is O=C(O)c1cc(NC(=O)c2sccc2Cl)ccn1. The lowest BCUT2D eigenvalue weighted by Crippen LogP contribution is -2.11. The van der Waals surface area contributed by atoms with Crippen molar-refractivity contribution in [1.82, 2.24) is 4.98 Å². The fraction of sp³-hybridized carbons (Fsp3) is 0. The lowest BCUT2D eigenvalue weighted by molar-refractivity contribution is 0.0690. The van der Waals surface area contributed by atoms with Crippen LogP contribution in [0.5, 0.6) is 0 Å². The smallest absolute Gasteiger partial charge is 0.354 e. The number of aromatic nitrogens is 1. The first-order valence-electron chi connectivity index (χ1n) is 4.81. The topological polar surface area (TPSA) is 79.3 Å². The number of anilines is 1. The Morgan fingerprint density at radius 1 is 1.39 bits per heavy atom. The van der Waals surface area contributed by atoms with Crippen LogP contribution in [0.2, 0.25) is 5.02 Å². The van der Waals surface area contributed by atoms with Gasteiger partial charge in [-0.2, -0.15) is 0 Å². The second kappa shape index (κ2) is 5.16. The first kappa shape index (κ1) is 12.5. The third kappa shape index (κ3) is 2.66. The summed E-state index contributed by atoms with van der Waals surface area (Å²) < 4.78 is 0. The number of carbonyl (C=O) groups is 2. The van der Waals surface area contributed by atoms with Gasteiger partial charge in [-0.05, 0) is 23.6 Å². The van der Waals surface area contributed by atoms with Crippen molar-refractivity contribution in [2.45, 2.75) is 0 Å². The third-order valence-corrected chi connectivity index (χ3v) is 3.40. The molecule has 0 atom stereocenters. The predicted octanol–water partition coefficient (Wildman–Crippen LogP) is 2.75. The standard InChI is InChI=1S/C11H7ClN2O3S/c12-7-2-4-18-9(7)10(15)14-6-1-3-13-8(5-6)11(16)17/h1-5H,(H,16,17)(H,13,14,15). The van der Waals surface area contributed by atoms with Crippen molar-refractivity contribution in [1.29, 1.82) is 0 Å². The first-order valence-corrected chi connectivity index (χ1v) is 6.07. The largest absolute Gasteiger partial charge is 0.477 e. The highest BCUT2D eigenvalue weighted by Crippen LogP contribution is 2.23. The van der Waals surface area contributed by atoms with Crippen molar-refractivity contribution in [3.8, 4) is 0 Å². The number of amides is 1. The van der Waals surface area contributed by atoms with Gasteiger partial charge in [-0.1, -0.05) is 11.6 Å². The highest BCUT2D eigenvalue weighted by Gasteiger charge is 2.13.